The zero-order valence-corrected chi connectivity index (χ0v) is 20.0. The minimum Gasteiger partial charge on any atom is -0.487 e. The lowest BCUT2D eigenvalue weighted by molar-refractivity contribution is -0.128. The van der Waals surface area contributed by atoms with Crippen molar-refractivity contribution in [2.24, 2.45) is 0 Å². The summed E-state index contributed by atoms with van der Waals surface area (Å²) in [6.07, 6.45) is 0.252. The van der Waals surface area contributed by atoms with E-state index in [9.17, 15) is 14.0 Å². The van der Waals surface area contributed by atoms with Crippen molar-refractivity contribution in [2.75, 3.05) is 25.6 Å². The maximum Gasteiger partial charge on any atom is 0.337 e. The highest BCUT2D eigenvalue weighted by molar-refractivity contribution is 5.89. The first-order valence-electron chi connectivity index (χ1n) is 11.7. The molecule has 37 heavy (non-hydrogen) atoms. The van der Waals surface area contributed by atoms with E-state index in [1.165, 1.54) is 18.1 Å². The van der Waals surface area contributed by atoms with Crippen molar-refractivity contribution in [3.63, 3.8) is 0 Å². The summed E-state index contributed by atoms with van der Waals surface area (Å²) in [5.41, 5.74) is 3.86. The Hall–Kier alpha value is -4.66. The zero-order valence-electron chi connectivity index (χ0n) is 20.0. The third-order valence-corrected chi connectivity index (χ3v) is 5.89. The lowest BCUT2D eigenvalue weighted by Gasteiger charge is -2.21. The molecular weight excluding hydrogens is 477 g/mol. The average Bonchev–Trinajstić information content (AvgIpc) is 3.50. The van der Waals surface area contributed by atoms with E-state index in [2.05, 4.69) is 15.0 Å². The molecule has 8 nitrogen and oxygen atoms in total. The second-order valence-electron chi connectivity index (χ2n) is 8.47. The van der Waals surface area contributed by atoms with Crippen LogP contribution in [0, 0.1) is 0 Å². The maximum atomic E-state index is 14.2. The van der Waals surface area contributed by atoms with Gasteiger partial charge in [-0.3, -0.25) is 4.79 Å². The number of anilines is 2. The fraction of sp³-hybridized carbons (Fsp3) is 0.179. The van der Waals surface area contributed by atoms with E-state index in [0.29, 0.717) is 28.6 Å². The van der Waals surface area contributed by atoms with Gasteiger partial charge in [-0.1, -0.05) is 24.3 Å². The first-order chi connectivity index (χ1) is 18.0. The van der Waals surface area contributed by atoms with Crippen LogP contribution in [0.15, 0.2) is 89.0 Å². The van der Waals surface area contributed by atoms with Gasteiger partial charge in [-0.2, -0.15) is 4.98 Å². The summed E-state index contributed by atoms with van der Waals surface area (Å²) < 4.78 is 30.2. The van der Waals surface area contributed by atoms with Crippen molar-refractivity contribution in [1.29, 1.82) is 0 Å². The maximum absolute atomic E-state index is 14.2. The summed E-state index contributed by atoms with van der Waals surface area (Å²) in [5, 5.41) is 3.11. The quantitative estimate of drug-likeness (QED) is 0.338. The summed E-state index contributed by atoms with van der Waals surface area (Å²) in [6.45, 7) is -0.0206. The molecule has 1 atom stereocenters. The number of para-hydroxylation sites is 2. The molecule has 0 spiro atoms. The molecule has 188 valence electrons. The molecule has 0 bridgehead atoms. The van der Waals surface area contributed by atoms with Crippen molar-refractivity contribution >= 4 is 34.7 Å². The molecule has 2 heterocycles. The summed E-state index contributed by atoms with van der Waals surface area (Å²) in [7, 11) is 1.31. The second-order valence-corrected chi connectivity index (χ2v) is 8.47. The number of hydrogen-bond acceptors (Lipinski definition) is 7. The molecule has 1 aromatic heterocycles. The number of benzene rings is 3. The number of carbonyl (C=O) groups excluding carboxylic acids is 2. The number of methoxy groups -OCH3 is 1. The lowest BCUT2D eigenvalue weighted by atomic mass is 10.1. The Bertz CT molecular complexity index is 1410. The summed E-state index contributed by atoms with van der Waals surface area (Å²) >= 11 is 0. The molecule has 1 N–H and O–H groups in total. The highest BCUT2D eigenvalue weighted by atomic mass is 19.1. The van der Waals surface area contributed by atoms with Gasteiger partial charge in [0, 0.05) is 5.69 Å². The van der Waals surface area contributed by atoms with Crippen molar-refractivity contribution < 1.29 is 27.9 Å². The minimum absolute atomic E-state index is 0.0249. The van der Waals surface area contributed by atoms with Gasteiger partial charge >= 0.3 is 5.97 Å². The third-order valence-electron chi connectivity index (χ3n) is 5.89. The summed E-state index contributed by atoms with van der Waals surface area (Å²) in [5.74, 6) is -0.182. The molecule has 0 radical (unpaired) electrons. The SMILES string of the molecule is COC(=O)c1ccc(OCC2=C[C@H](F)CN2C(=O)Cc2ccc(Nc3nc4ccccc4o3)cc2)cc1. The van der Waals surface area contributed by atoms with Gasteiger partial charge in [-0.15, -0.1) is 0 Å². The Morgan fingerprint density at radius 3 is 2.57 bits per heavy atom. The number of nitrogens with one attached hydrogen (secondary N) is 1. The van der Waals surface area contributed by atoms with Crippen LogP contribution in [0.2, 0.25) is 0 Å². The Kier molecular flexibility index (Phi) is 6.85. The molecule has 3 aromatic carbocycles. The van der Waals surface area contributed by atoms with Crippen LogP contribution in [0.25, 0.3) is 11.1 Å². The Morgan fingerprint density at radius 1 is 1.08 bits per heavy atom. The lowest BCUT2D eigenvalue weighted by Crippen LogP contribution is -2.33. The van der Waals surface area contributed by atoms with Gasteiger partial charge in [0.05, 0.1) is 31.3 Å². The number of rotatable bonds is 8. The number of esters is 1. The van der Waals surface area contributed by atoms with Crippen LogP contribution in [0.3, 0.4) is 0 Å². The predicted molar refractivity (Wildman–Crippen MR) is 135 cm³/mol. The van der Waals surface area contributed by atoms with Crippen LogP contribution in [0.4, 0.5) is 16.1 Å². The predicted octanol–water partition coefficient (Wildman–Crippen LogP) is 5.04. The van der Waals surface area contributed by atoms with Gasteiger partial charge in [0.2, 0.25) is 5.91 Å². The normalized spacial score (nSPS) is 14.9. The molecule has 0 fully saturated rings. The van der Waals surface area contributed by atoms with Gasteiger partial charge in [0.1, 0.15) is 24.0 Å². The summed E-state index contributed by atoms with van der Waals surface area (Å²) in [6, 6.07) is 21.6. The van der Waals surface area contributed by atoms with Gasteiger partial charge in [-0.25, -0.2) is 9.18 Å². The number of amides is 1. The number of ether oxygens (including phenoxy) is 2. The number of carbonyl (C=O) groups is 2. The molecule has 5 rings (SSSR count). The average molecular weight is 502 g/mol. The number of halogens is 1. The highest BCUT2D eigenvalue weighted by Gasteiger charge is 2.28. The second kappa shape index (κ2) is 10.5. The smallest absolute Gasteiger partial charge is 0.337 e. The Labute approximate surface area is 212 Å². The van der Waals surface area contributed by atoms with Gasteiger partial charge in [0.25, 0.3) is 6.01 Å². The highest BCUT2D eigenvalue weighted by Crippen LogP contribution is 2.24. The van der Waals surface area contributed by atoms with Crippen LogP contribution in [-0.2, 0) is 16.0 Å². The van der Waals surface area contributed by atoms with Crippen LogP contribution in [-0.4, -0.2) is 48.2 Å². The van der Waals surface area contributed by atoms with E-state index >= 15 is 0 Å². The first-order valence-corrected chi connectivity index (χ1v) is 11.7. The Morgan fingerprint density at radius 2 is 1.84 bits per heavy atom. The molecule has 1 amide bonds. The standard InChI is InChI=1S/C28H24FN3O5/c1-35-27(34)19-8-12-23(13-9-19)36-17-22-15-20(29)16-32(22)26(33)14-18-6-10-21(11-7-18)30-28-31-24-4-2-3-5-25(24)37-28/h2-13,15,20H,14,16-17H2,1H3,(H,30,31)/t20-/m0/s1. The van der Waals surface area contributed by atoms with Crippen molar-refractivity contribution in [3.05, 3.63) is 95.7 Å². The van der Waals surface area contributed by atoms with E-state index in [1.54, 1.807) is 24.3 Å². The summed E-state index contributed by atoms with van der Waals surface area (Å²) in [4.78, 5) is 30.3. The molecule has 0 saturated heterocycles. The third kappa shape index (κ3) is 5.61. The van der Waals surface area contributed by atoms with Crippen molar-refractivity contribution in [3.8, 4) is 5.75 Å². The number of nitrogens with zero attached hydrogens (tertiary/aromatic N) is 2. The molecular formula is C28H24FN3O5. The largest absolute Gasteiger partial charge is 0.487 e. The zero-order chi connectivity index (χ0) is 25.8. The van der Waals surface area contributed by atoms with Crippen LogP contribution in [0.1, 0.15) is 15.9 Å². The van der Waals surface area contributed by atoms with Gasteiger partial charge in [0.15, 0.2) is 5.58 Å². The number of oxazole rings is 1. The Balaban J connectivity index is 1.18. The number of hydrogen-bond donors (Lipinski definition) is 1. The molecule has 1 aliphatic heterocycles. The van der Waals surface area contributed by atoms with E-state index in [0.717, 1.165) is 16.8 Å². The van der Waals surface area contributed by atoms with Crippen LogP contribution >= 0.6 is 0 Å². The molecule has 0 aliphatic carbocycles. The molecule has 9 heteroatoms. The number of fused-ring (bicyclic) bond motifs is 1. The first kappa shape index (κ1) is 24.1. The van der Waals surface area contributed by atoms with Crippen molar-refractivity contribution in [2.45, 2.75) is 12.6 Å². The van der Waals surface area contributed by atoms with Gasteiger partial charge in [-0.05, 0) is 60.2 Å². The molecule has 1 aliphatic rings. The fourth-order valence-corrected chi connectivity index (χ4v) is 4.02. The van der Waals surface area contributed by atoms with E-state index < -0.39 is 12.1 Å². The van der Waals surface area contributed by atoms with E-state index in [1.807, 2.05) is 48.5 Å². The van der Waals surface area contributed by atoms with E-state index in [4.69, 9.17) is 9.15 Å². The molecule has 4 aromatic rings. The van der Waals surface area contributed by atoms with Gasteiger partial charge < -0.3 is 24.1 Å². The minimum atomic E-state index is -1.26. The molecule has 0 unspecified atom stereocenters. The fourth-order valence-electron chi connectivity index (χ4n) is 4.02. The van der Waals surface area contributed by atoms with Crippen LogP contribution in [0.5, 0.6) is 5.75 Å². The monoisotopic (exact) mass is 501 g/mol. The van der Waals surface area contributed by atoms with E-state index in [-0.39, 0.29) is 25.5 Å². The van der Waals surface area contributed by atoms with Crippen molar-refractivity contribution in [1.82, 2.24) is 9.88 Å². The molecule has 0 saturated carbocycles. The topological polar surface area (TPSA) is 93.9 Å². The van der Waals surface area contributed by atoms with Crippen LogP contribution < -0.4 is 10.1 Å². The number of alkyl halides is 1. The number of aromatic nitrogens is 1.